The Kier molecular flexibility index (Phi) is 5.89. The zero-order valence-electron chi connectivity index (χ0n) is 14.5. The number of alkyl halides is 2. The number of para-hydroxylation sites is 1. The minimum Gasteiger partial charge on any atom is -0.434 e. The van der Waals surface area contributed by atoms with Gasteiger partial charge in [0.25, 0.3) is 0 Å². The van der Waals surface area contributed by atoms with Gasteiger partial charge in [0.05, 0.1) is 15.6 Å². The highest BCUT2D eigenvalue weighted by molar-refractivity contribution is 6.42. The molecule has 3 rings (SSSR count). The Bertz CT molecular complexity index is 850. The number of nitrogens with one attached hydrogen (secondary N) is 1. The molecule has 1 aliphatic rings. The van der Waals surface area contributed by atoms with E-state index in [1.165, 1.54) is 6.07 Å². The summed E-state index contributed by atoms with van der Waals surface area (Å²) in [7, 11) is 0. The van der Waals surface area contributed by atoms with Crippen LogP contribution in [0.3, 0.4) is 0 Å². The van der Waals surface area contributed by atoms with Crippen LogP contribution in [0.1, 0.15) is 18.9 Å². The SMILES string of the molecule is CC1(C(=O)Nc2ccc(Cl)c(Cl)c2)CCN1Cc1ccccc1OC(F)F. The molecule has 1 aliphatic heterocycles. The summed E-state index contributed by atoms with van der Waals surface area (Å²) in [6.45, 7) is -0.0746. The van der Waals surface area contributed by atoms with Gasteiger partial charge < -0.3 is 10.1 Å². The number of carbonyl (C=O) groups excluding carboxylic acids is 1. The molecule has 2 aromatic rings. The lowest BCUT2D eigenvalue weighted by Crippen LogP contribution is -2.63. The van der Waals surface area contributed by atoms with Crippen LogP contribution in [0.4, 0.5) is 14.5 Å². The first-order chi connectivity index (χ1) is 12.8. The van der Waals surface area contributed by atoms with Gasteiger partial charge in [0.15, 0.2) is 0 Å². The second-order valence-corrected chi connectivity index (χ2v) is 7.33. The maximum atomic E-state index is 12.8. The minimum atomic E-state index is -2.90. The van der Waals surface area contributed by atoms with E-state index in [4.69, 9.17) is 23.2 Å². The van der Waals surface area contributed by atoms with Crippen LogP contribution in [-0.2, 0) is 11.3 Å². The van der Waals surface area contributed by atoms with Gasteiger partial charge in [-0.05, 0) is 37.6 Å². The third kappa shape index (κ3) is 4.34. The fourth-order valence-electron chi connectivity index (χ4n) is 3.01. The van der Waals surface area contributed by atoms with Crippen LogP contribution in [-0.4, -0.2) is 29.5 Å². The van der Waals surface area contributed by atoms with Crippen LogP contribution in [0.5, 0.6) is 5.75 Å². The monoisotopic (exact) mass is 414 g/mol. The maximum absolute atomic E-state index is 12.8. The van der Waals surface area contributed by atoms with Crippen LogP contribution in [0.25, 0.3) is 0 Å². The van der Waals surface area contributed by atoms with Crippen molar-refractivity contribution in [1.29, 1.82) is 0 Å². The minimum absolute atomic E-state index is 0.117. The van der Waals surface area contributed by atoms with Gasteiger partial charge in [0.1, 0.15) is 5.75 Å². The number of nitrogens with zero attached hydrogens (tertiary/aromatic N) is 1. The summed E-state index contributed by atoms with van der Waals surface area (Å²) < 4.78 is 29.8. The van der Waals surface area contributed by atoms with Gasteiger partial charge in [0.2, 0.25) is 5.91 Å². The molecule has 0 saturated carbocycles. The maximum Gasteiger partial charge on any atom is 0.387 e. The molecular weight excluding hydrogens is 397 g/mol. The number of ether oxygens (including phenoxy) is 1. The Morgan fingerprint density at radius 1 is 1.26 bits per heavy atom. The van der Waals surface area contributed by atoms with E-state index in [0.717, 1.165) is 0 Å². The van der Waals surface area contributed by atoms with Crippen molar-refractivity contribution in [1.82, 2.24) is 4.90 Å². The summed E-state index contributed by atoms with van der Waals surface area (Å²) >= 11 is 11.9. The Hall–Kier alpha value is -1.89. The van der Waals surface area contributed by atoms with E-state index in [1.54, 1.807) is 36.4 Å². The van der Waals surface area contributed by atoms with Crippen molar-refractivity contribution in [2.24, 2.45) is 0 Å². The molecule has 144 valence electrons. The summed E-state index contributed by atoms with van der Waals surface area (Å²) in [5, 5.41) is 3.59. The normalized spacial score (nSPS) is 19.6. The van der Waals surface area contributed by atoms with Gasteiger partial charge in [-0.25, -0.2) is 0 Å². The number of carbonyl (C=O) groups is 1. The average Bonchev–Trinajstić information content (AvgIpc) is 2.61. The highest BCUT2D eigenvalue weighted by atomic mass is 35.5. The van der Waals surface area contributed by atoms with Crippen LogP contribution in [0.2, 0.25) is 10.0 Å². The quantitative estimate of drug-likeness (QED) is 0.706. The number of likely N-dealkylation sites (tertiary alicyclic amines) is 1. The van der Waals surface area contributed by atoms with E-state index in [-0.39, 0.29) is 11.7 Å². The van der Waals surface area contributed by atoms with Crippen molar-refractivity contribution in [2.45, 2.75) is 32.0 Å². The van der Waals surface area contributed by atoms with Crippen molar-refractivity contribution in [2.75, 3.05) is 11.9 Å². The fourth-order valence-corrected chi connectivity index (χ4v) is 3.30. The molecular formula is C19H18Cl2F2N2O2. The number of halogens is 4. The summed E-state index contributed by atoms with van der Waals surface area (Å²) in [4.78, 5) is 14.7. The Morgan fingerprint density at radius 3 is 2.63 bits per heavy atom. The predicted molar refractivity (Wildman–Crippen MR) is 102 cm³/mol. The zero-order valence-corrected chi connectivity index (χ0v) is 16.0. The van der Waals surface area contributed by atoms with Crippen LogP contribution < -0.4 is 10.1 Å². The second kappa shape index (κ2) is 8.00. The number of anilines is 1. The average molecular weight is 415 g/mol. The summed E-state index contributed by atoms with van der Waals surface area (Å²) in [6, 6.07) is 11.5. The molecule has 1 N–H and O–H groups in total. The summed E-state index contributed by atoms with van der Waals surface area (Å²) in [6.07, 6.45) is 0.651. The summed E-state index contributed by atoms with van der Waals surface area (Å²) in [5.74, 6) is -0.0777. The zero-order chi connectivity index (χ0) is 19.6. The highest BCUT2D eigenvalue weighted by Gasteiger charge is 2.46. The van der Waals surface area contributed by atoms with Crippen molar-refractivity contribution >= 4 is 34.8 Å². The molecule has 1 fully saturated rings. The van der Waals surface area contributed by atoms with E-state index in [1.807, 2.05) is 11.8 Å². The first kappa shape index (κ1) is 19.9. The van der Waals surface area contributed by atoms with Crippen LogP contribution in [0, 0.1) is 0 Å². The van der Waals surface area contributed by atoms with E-state index in [0.29, 0.717) is 40.8 Å². The number of hydrogen-bond donors (Lipinski definition) is 1. The first-order valence-corrected chi connectivity index (χ1v) is 9.09. The van der Waals surface area contributed by atoms with Crippen molar-refractivity contribution < 1.29 is 18.3 Å². The largest absolute Gasteiger partial charge is 0.434 e. The van der Waals surface area contributed by atoms with Crippen molar-refractivity contribution in [3.63, 3.8) is 0 Å². The predicted octanol–water partition coefficient (Wildman–Crippen LogP) is 5.20. The third-order valence-corrected chi connectivity index (χ3v) is 5.52. The number of amides is 1. The van der Waals surface area contributed by atoms with Crippen molar-refractivity contribution in [3.8, 4) is 5.75 Å². The van der Waals surface area contributed by atoms with Gasteiger partial charge in [-0.3, -0.25) is 9.69 Å². The molecule has 0 aliphatic carbocycles. The van der Waals surface area contributed by atoms with Crippen molar-refractivity contribution in [3.05, 3.63) is 58.1 Å². The number of benzene rings is 2. The van der Waals surface area contributed by atoms with E-state index >= 15 is 0 Å². The molecule has 1 amide bonds. The fraction of sp³-hybridized carbons (Fsp3) is 0.316. The number of rotatable bonds is 6. The van der Waals surface area contributed by atoms with Crippen LogP contribution in [0.15, 0.2) is 42.5 Å². The Labute approximate surface area is 166 Å². The van der Waals surface area contributed by atoms with Gasteiger partial charge >= 0.3 is 6.61 Å². The van der Waals surface area contributed by atoms with Gasteiger partial charge in [-0.2, -0.15) is 8.78 Å². The molecule has 1 unspecified atom stereocenters. The van der Waals surface area contributed by atoms with Gasteiger partial charge in [-0.1, -0.05) is 41.4 Å². The molecule has 2 aromatic carbocycles. The Morgan fingerprint density at radius 2 is 2.00 bits per heavy atom. The second-order valence-electron chi connectivity index (χ2n) is 6.51. The van der Waals surface area contributed by atoms with Crippen LogP contribution >= 0.6 is 23.2 Å². The first-order valence-electron chi connectivity index (χ1n) is 8.34. The lowest BCUT2D eigenvalue weighted by molar-refractivity contribution is -0.136. The third-order valence-electron chi connectivity index (χ3n) is 4.78. The standard InChI is InChI=1S/C19H18Cl2F2N2O2/c1-19(17(26)24-13-6-7-14(20)15(21)10-13)8-9-25(19)11-12-4-2-3-5-16(12)27-18(22)23/h2-7,10,18H,8-9,11H2,1H3,(H,24,26). The van der Waals surface area contributed by atoms with Gasteiger partial charge in [0, 0.05) is 24.3 Å². The lowest BCUT2D eigenvalue weighted by atomic mass is 9.85. The van der Waals surface area contributed by atoms with E-state index in [2.05, 4.69) is 10.1 Å². The smallest absolute Gasteiger partial charge is 0.387 e. The molecule has 0 radical (unpaired) electrons. The topological polar surface area (TPSA) is 41.6 Å². The van der Waals surface area contributed by atoms with Gasteiger partial charge in [-0.15, -0.1) is 0 Å². The molecule has 4 nitrogen and oxygen atoms in total. The summed E-state index contributed by atoms with van der Waals surface area (Å²) in [5.41, 5.74) is 0.388. The lowest BCUT2D eigenvalue weighted by Gasteiger charge is -2.49. The molecule has 0 aromatic heterocycles. The molecule has 1 saturated heterocycles. The Balaban J connectivity index is 1.72. The highest BCUT2D eigenvalue weighted by Crippen LogP contribution is 2.35. The molecule has 8 heteroatoms. The molecule has 27 heavy (non-hydrogen) atoms. The van der Waals surface area contributed by atoms with E-state index < -0.39 is 12.2 Å². The molecule has 1 atom stereocenters. The molecule has 1 heterocycles. The van der Waals surface area contributed by atoms with E-state index in [9.17, 15) is 13.6 Å². The number of hydrogen-bond acceptors (Lipinski definition) is 3. The molecule has 0 bridgehead atoms. The molecule has 0 spiro atoms.